The van der Waals surface area contributed by atoms with Crippen LogP contribution in [0, 0.1) is 5.92 Å². The number of para-hydroxylation sites is 1. The van der Waals surface area contributed by atoms with Gasteiger partial charge in [0.15, 0.2) is 6.61 Å². The number of aromatic nitrogens is 1. The van der Waals surface area contributed by atoms with Crippen LogP contribution in [-0.4, -0.2) is 34.9 Å². The first kappa shape index (κ1) is 24.9. The molecule has 1 amide bonds. The van der Waals surface area contributed by atoms with Crippen LogP contribution in [0.1, 0.15) is 41.5 Å². The van der Waals surface area contributed by atoms with Gasteiger partial charge < -0.3 is 14.6 Å². The second-order valence-electron chi connectivity index (χ2n) is 8.94. The lowest BCUT2D eigenvalue weighted by Crippen LogP contribution is -2.45. The fourth-order valence-corrected chi connectivity index (χ4v) is 4.42. The maximum Gasteiger partial charge on any atom is 0.329 e. The Morgan fingerprint density at radius 3 is 2.11 bits per heavy atom. The number of aryl methyl sites for hydroxylation is 1. The Bertz CT molecular complexity index is 1370. The molecule has 0 bridgehead atoms. The molecule has 0 aliphatic carbocycles. The molecule has 6 heteroatoms. The minimum Gasteiger partial charge on any atom is -0.456 e. The second kappa shape index (κ2) is 11.0. The summed E-state index contributed by atoms with van der Waals surface area (Å²) in [6.07, 6.45) is 0. The van der Waals surface area contributed by atoms with E-state index in [9.17, 15) is 14.4 Å². The zero-order valence-corrected chi connectivity index (χ0v) is 20.7. The molecule has 0 aliphatic rings. The van der Waals surface area contributed by atoms with Crippen molar-refractivity contribution in [3.63, 3.8) is 0 Å². The van der Waals surface area contributed by atoms with Gasteiger partial charge in [0.05, 0.1) is 11.3 Å². The number of fused-ring (bicyclic) bond motifs is 1. The van der Waals surface area contributed by atoms with E-state index in [1.807, 2.05) is 81.4 Å². The molecule has 1 atom stereocenters. The molecule has 0 unspecified atom stereocenters. The highest BCUT2D eigenvalue weighted by atomic mass is 16.5. The van der Waals surface area contributed by atoms with Crippen LogP contribution >= 0.6 is 0 Å². The number of ether oxygens (including phenoxy) is 1. The summed E-state index contributed by atoms with van der Waals surface area (Å²) in [5, 5.41) is 3.56. The number of Topliss-reactive ketones (excluding diaryl/α,β-unsaturated/α-hetero) is 1. The molecule has 0 aliphatic heterocycles. The smallest absolute Gasteiger partial charge is 0.329 e. The Kier molecular flexibility index (Phi) is 7.64. The number of carbonyl (C=O) groups is 3. The zero-order chi connectivity index (χ0) is 25.7. The summed E-state index contributed by atoms with van der Waals surface area (Å²) in [5.74, 6) is -1.51. The van der Waals surface area contributed by atoms with Crippen molar-refractivity contribution >= 4 is 28.6 Å². The lowest BCUT2D eigenvalue weighted by molar-refractivity contribution is -0.145. The van der Waals surface area contributed by atoms with Crippen molar-refractivity contribution in [2.75, 3.05) is 6.61 Å². The number of benzene rings is 3. The van der Waals surface area contributed by atoms with Gasteiger partial charge in [0.2, 0.25) is 5.78 Å². The van der Waals surface area contributed by atoms with Gasteiger partial charge in [-0.2, -0.15) is 0 Å². The number of carbonyl (C=O) groups excluding carboxylic acids is 3. The van der Waals surface area contributed by atoms with Gasteiger partial charge in [0.1, 0.15) is 6.04 Å². The molecule has 0 spiro atoms. The van der Waals surface area contributed by atoms with Crippen molar-refractivity contribution in [1.82, 2.24) is 9.88 Å². The lowest BCUT2D eigenvalue weighted by atomic mass is 10.0. The predicted molar refractivity (Wildman–Crippen MR) is 141 cm³/mol. The molecule has 3 aromatic carbocycles. The van der Waals surface area contributed by atoms with Crippen LogP contribution in [0.4, 0.5) is 0 Å². The van der Waals surface area contributed by atoms with Gasteiger partial charge in [-0.1, -0.05) is 80.6 Å². The molecule has 0 saturated carbocycles. The standard InChI is InChI=1S/C30H30N2O4/c1-4-32-24-18-12-11-17-23(24)26(28(32)21-13-7-5-8-14-21)25(33)19-36-30(35)27(20(2)3)31-29(34)22-15-9-6-10-16-22/h5-18,20,27H,4,19H2,1-3H3,(H,31,34)/t27-/m1/s1. The number of hydrogen-bond donors (Lipinski definition) is 1. The third-order valence-corrected chi connectivity index (χ3v) is 6.20. The molecule has 6 nitrogen and oxygen atoms in total. The van der Waals surface area contributed by atoms with Gasteiger partial charge in [-0.25, -0.2) is 4.79 Å². The number of rotatable bonds is 9. The highest BCUT2D eigenvalue weighted by molar-refractivity contribution is 6.14. The van der Waals surface area contributed by atoms with Gasteiger partial charge in [-0.15, -0.1) is 0 Å². The largest absolute Gasteiger partial charge is 0.456 e. The molecule has 4 rings (SSSR count). The van der Waals surface area contributed by atoms with Crippen LogP contribution in [0.15, 0.2) is 84.9 Å². The molecular weight excluding hydrogens is 452 g/mol. The summed E-state index contributed by atoms with van der Waals surface area (Å²) in [4.78, 5) is 39.1. The summed E-state index contributed by atoms with van der Waals surface area (Å²) in [7, 11) is 0. The molecule has 4 aromatic rings. The Labute approximate surface area is 210 Å². The highest BCUT2D eigenvalue weighted by Gasteiger charge is 2.28. The molecule has 1 N–H and O–H groups in total. The van der Waals surface area contributed by atoms with E-state index >= 15 is 0 Å². The van der Waals surface area contributed by atoms with Crippen molar-refractivity contribution in [1.29, 1.82) is 0 Å². The average molecular weight is 483 g/mol. The zero-order valence-electron chi connectivity index (χ0n) is 20.7. The van der Waals surface area contributed by atoms with Gasteiger partial charge >= 0.3 is 5.97 Å². The van der Waals surface area contributed by atoms with Crippen molar-refractivity contribution in [3.8, 4) is 11.3 Å². The number of amides is 1. The van der Waals surface area contributed by atoms with Crippen LogP contribution < -0.4 is 5.32 Å². The third kappa shape index (κ3) is 5.08. The van der Waals surface area contributed by atoms with E-state index in [1.54, 1.807) is 24.3 Å². The van der Waals surface area contributed by atoms with Crippen molar-refractivity contribution in [2.24, 2.45) is 5.92 Å². The van der Waals surface area contributed by atoms with Crippen molar-refractivity contribution in [3.05, 3.63) is 96.1 Å². The number of esters is 1. The van der Waals surface area contributed by atoms with Crippen LogP contribution in [0.5, 0.6) is 0 Å². The van der Waals surface area contributed by atoms with E-state index in [4.69, 9.17) is 4.74 Å². The number of hydrogen-bond acceptors (Lipinski definition) is 4. The first-order valence-corrected chi connectivity index (χ1v) is 12.1. The topological polar surface area (TPSA) is 77.4 Å². The van der Waals surface area contributed by atoms with Gasteiger partial charge in [0, 0.05) is 23.0 Å². The van der Waals surface area contributed by atoms with E-state index in [0.29, 0.717) is 17.7 Å². The Morgan fingerprint density at radius 1 is 0.861 bits per heavy atom. The summed E-state index contributed by atoms with van der Waals surface area (Å²) in [6, 6.07) is 25.3. The van der Waals surface area contributed by atoms with Gasteiger partial charge in [0.25, 0.3) is 5.91 Å². The molecule has 0 saturated heterocycles. The van der Waals surface area contributed by atoms with Crippen LogP contribution in [0.3, 0.4) is 0 Å². The normalized spacial score (nSPS) is 11.9. The minimum absolute atomic E-state index is 0.220. The molecule has 0 radical (unpaired) electrons. The first-order valence-electron chi connectivity index (χ1n) is 12.1. The molecule has 36 heavy (non-hydrogen) atoms. The molecular formula is C30H30N2O4. The third-order valence-electron chi connectivity index (χ3n) is 6.20. The van der Waals surface area contributed by atoms with Gasteiger partial charge in [-0.3, -0.25) is 9.59 Å². The van der Waals surface area contributed by atoms with E-state index < -0.39 is 18.6 Å². The van der Waals surface area contributed by atoms with Crippen LogP contribution in [0.2, 0.25) is 0 Å². The second-order valence-corrected chi connectivity index (χ2v) is 8.94. The van der Waals surface area contributed by atoms with Crippen LogP contribution in [0.25, 0.3) is 22.2 Å². The maximum absolute atomic E-state index is 13.5. The van der Waals surface area contributed by atoms with E-state index in [0.717, 1.165) is 22.2 Å². The fourth-order valence-electron chi connectivity index (χ4n) is 4.42. The fraction of sp³-hybridized carbons (Fsp3) is 0.233. The van der Waals surface area contributed by atoms with E-state index in [2.05, 4.69) is 9.88 Å². The first-order chi connectivity index (χ1) is 17.4. The SMILES string of the molecule is CCn1c(-c2ccccc2)c(C(=O)COC(=O)[C@H](NC(=O)c2ccccc2)C(C)C)c2ccccc21. The minimum atomic E-state index is -0.879. The van der Waals surface area contributed by atoms with Crippen molar-refractivity contribution < 1.29 is 19.1 Å². The Hall–Kier alpha value is -4.19. The lowest BCUT2D eigenvalue weighted by Gasteiger charge is -2.21. The van der Waals surface area contributed by atoms with E-state index in [1.165, 1.54) is 0 Å². The molecule has 1 heterocycles. The van der Waals surface area contributed by atoms with Crippen molar-refractivity contribution in [2.45, 2.75) is 33.4 Å². The van der Waals surface area contributed by atoms with Gasteiger partial charge in [-0.05, 0) is 36.6 Å². The predicted octanol–water partition coefficient (Wildman–Crippen LogP) is 5.51. The number of nitrogens with zero attached hydrogens (tertiary/aromatic N) is 1. The Morgan fingerprint density at radius 2 is 1.47 bits per heavy atom. The average Bonchev–Trinajstić information content (AvgIpc) is 3.25. The van der Waals surface area contributed by atoms with Crippen LogP contribution in [-0.2, 0) is 16.1 Å². The number of ketones is 1. The quantitative estimate of drug-likeness (QED) is 0.252. The van der Waals surface area contributed by atoms with E-state index in [-0.39, 0.29) is 17.6 Å². The molecule has 184 valence electrons. The summed E-state index contributed by atoms with van der Waals surface area (Å²) >= 11 is 0. The molecule has 1 aromatic heterocycles. The highest BCUT2D eigenvalue weighted by Crippen LogP contribution is 2.34. The Balaban J connectivity index is 1.59. The molecule has 0 fully saturated rings. The monoisotopic (exact) mass is 482 g/mol. The summed E-state index contributed by atoms with van der Waals surface area (Å²) < 4.78 is 7.60. The number of nitrogens with one attached hydrogen (secondary N) is 1. The summed E-state index contributed by atoms with van der Waals surface area (Å²) in [6.45, 7) is 5.94. The maximum atomic E-state index is 13.5. The summed E-state index contributed by atoms with van der Waals surface area (Å²) in [5.41, 5.74) is 3.65.